The summed E-state index contributed by atoms with van der Waals surface area (Å²) in [5.74, 6) is 0.400. The van der Waals surface area contributed by atoms with Crippen molar-refractivity contribution in [3.05, 3.63) is 101 Å². The smallest absolute Gasteiger partial charge is 0.247 e. The number of oxime groups is 1. The van der Waals surface area contributed by atoms with E-state index in [-0.39, 0.29) is 23.1 Å². The van der Waals surface area contributed by atoms with Gasteiger partial charge < -0.3 is 25.3 Å². The van der Waals surface area contributed by atoms with Crippen LogP contribution in [0.15, 0.2) is 89.7 Å². The maximum atomic E-state index is 13.4. The number of hydrogen-bond acceptors (Lipinski definition) is 7. The highest BCUT2D eigenvalue weighted by Crippen LogP contribution is 2.26. The topological polar surface area (TPSA) is 109 Å². The third-order valence-electron chi connectivity index (χ3n) is 5.63. The van der Waals surface area contributed by atoms with Crippen LogP contribution in [-0.2, 0) is 11.2 Å². The Hall–Kier alpha value is -4.59. The highest BCUT2D eigenvalue weighted by Gasteiger charge is 2.28. The molecule has 0 saturated carbocycles. The van der Waals surface area contributed by atoms with Gasteiger partial charge in [-0.05, 0) is 11.6 Å². The average Bonchev–Trinajstić information content (AvgIpc) is 2.90. The fraction of sp³-hybridized carbons (Fsp3) is 0.148. The van der Waals surface area contributed by atoms with Gasteiger partial charge in [0.15, 0.2) is 0 Å². The summed E-state index contributed by atoms with van der Waals surface area (Å²) in [6.45, 7) is 0. The number of carbonyl (C=O) groups is 2. The first kappa shape index (κ1) is 23.6. The van der Waals surface area contributed by atoms with E-state index in [1.54, 1.807) is 42.5 Å². The van der Waals surface area contributed by atoms with E-state index in [4.69, 9.17) is 9.47 Å². The zero-order valence-corrected chi connectivity index (χ0v) is 19.3. The van der Waals surface area contributed by atoms with Gasteiger partial charge in [0.05, 0.1) is 19.9 Å². The molecule has 1 amide bonds. The first-order chi connectivity index (χ1) is 17.0. The molecule has 3 aromatic carbocycles. The number of ether oxygens (including phenoxy) is 2. The molecule has 0 heterocycles. The van der Waals surface area contributed by atoms with Crippen LogP contribution in [0.3, 0.4) is 0 Å². The van der Waals surface area contributed by atoms with Gasteiger partial charge in [0, 0.05) is 41.4 Å². The van der Waals surface area contributed by atoms with E-state index < -0.39 is 6.04 Å². The second-order valence-corrected chi connectivity index (χ2v) is 7.90. The quantitative estimate of drug-likeness (QED) is 0.341. The molecule has 1 aliphatic carbocycles. The minimum atomic E-state index is -0.810. The largest absolute Gasteiger partial charge is 0.497 e. The van der Waals surface area contributed by atoms with Crippen molar-refractivity contribution in [1.82, 2.24) is 5.32 Å². The van der Waals surface area contributed by atoms with Crippen molar-refractivity contribution in [2.24, 2.45) is 5.16 Å². The van der Waals surface area contributed by atoms with Crippen molar-refractivity contribution in [2.45, 2.75) is 12.5 Å². The van der Waals surface area contributed by atoms with Crippen LogP contribution in [0.25, 0.3) is 0 Å². The number of benzene rings is 3. The van der Waals surface area contributed by atoms with Crippen molar-refractivity contribution in [1.29, 1.82) is 0 Å². The van der Waals surface area contributed by atoms with Crippen molar-refractivity contribution in [3.63, 3.8) is 0 Å². The lowest BCUT2D eigenvalue weighted by Gasteiger charge is -2.24. The lowest BCUT2D eigenvalue weighted by atomic mass is 9.91. The molecule has 1 unspecified atom stereocenters. The number of methoxy groups -OCH3 is 2. The van der Waals surface area contributed by atoms with Gasteiger partial charge in [-0.15, -0.1) is 0 Å². The molecule has 0 bridgehead atoms. The first-order valence-corrected chi connectivity index (χ1v) is 10.9. The van der Waals surface area contributed by atoms with Crippen LogP contribution in [0.5, 0.6) is 11.5 Å². The summed E-state index contributed by atoms with van der Waals surface area (Å²) in [4.78, 5) is 26.6. The molecule has 8 nitrogen and oxygen atoms in total. The zero-order valence-electron chi connectivity index (χ0n) is 19.3. The number of fused-ring (bicyclic) bond motifs is 1. The van der Waals surface area contributed by atoms with Gasteiger partial charge in [0.1, 0.15) is 23.3 Å². The number of hydrogen-bond donors (Lipinski definition) is 3. The number of nitrogens with zero attached hydrogens (tertiary/aromatic N) is 1. The molecule has 0 spiro atoms. The molecule has 4 rings (SSSR count). The predicted molar refractivity (Wildman–Crippen MR) is 132 cm³/mol. The average molecular weight is 472 g/mol. The predicted octanol–water partition coefficient (Wildman–Crippen LogP) is 3.80. The van der Waals surface area contributed by atoms with Crippen LogP contribution in [0.2, 0.25) is 0 Å². The number of ketones is 1. The van der Waals surface area contributed by atoms with Crippen LogP contribution in [0, 0.1) is 0 Å². The minimum absolute atomic E-state index is 0.163. The van der Waals surface area contributed by atoms with E-state index in [9.17, 15) is 14.8 Å². The van der Waals surface area contributed by atoms with Crippen LogP contribution in [0.1, 0.15) is 21.5 Å². The SMILES string of the molecule is COc1cc(NC(=O)C(Cc2ccccc2)NC2=CC(=NO)c3ccccc3C2=O)cc(OC)c1. The van der Waals surface area contributed by atoms with E-state index in [2.05, 4.69) is 15.8 Å². The summed E-state index contributed by atoms with van der Waals surface area (Å²) >= 11 is 0. The number of Topliss-reactive ketones (excluding diaryl/α,β-unsaturated/α-hetero) is 1. The molecule has 1 aliphatic rings. The number of carbonyl (C=O) groups excluding carboxylic acids is 2. The van der Waals surface area contributed by atoms with E-state index in [1.165, 1.54) is 20.3 Å². The van der Waals surface area contributed by atoms with Crippen LogP contribution in [0.4, 0.5) is 5.69 Å². The van der Waals surface area contributed by atoms with Gasteiger partial charge in [0.25, 0.3) is 0 Å². The van der Waals surface area contributed by atoms with E-state index in [1.807, 2.05) is 30.3 Å². The van der Waals surface area contributed by atoms with E-state index in [0.29, 0.717) is 34.7 Å². The minimum Gasteiger partial charge on any atom is -0.497 e. The summed E-state index contributed by atoms with van der Waals surface area (Å²) in [6, 6.07) is 20.6. The fourth-order valence-electron chi connectivity index (χ4n) is 3.88. The Bertz CT molecular complexity index is 1280. The van der Waals surface area contributed by atoms with Gasteiger partial charge in [-0.1, -0.05) is 59.8 Å². The zero-order chi connectivity index (χ0) is 24.8. The molecule has 3 aromatic rings. The molecular formula is C27H25N3O5. The van der Waals surface area contributed by atoms with Gasteiger partial charge in [-0.2, -0.15) is 0 Å². The van der Waals surface area contributed by atoms with Crippen molar-refractivity contribution in [3.8, 4) is 11.5 Å². The second kappa shape index (κ2) is 10.6. The van der Waals surface area contributed by atoms with E-state index >= 15 is 0 Å². The van der Waals surface area contributed by atoms with Gasteiger partial charge >= 0.3 is 0 Å². The molecule has 0 radical (unpaired) electrons. The molecule has 35 heavy (non-hydrogen) atoms. The molecule has 1 atom stereocenters. The lowest BCUT2D eigenvalue weighted by molar-refractivity contribution is -0.117. The van der Waals surface area contributed by atoms with Crippen molar-refractivity contribution >= 4 is 23.1 Å². The maximum Gasteiger partial charge on any atom is 0.247 e. The van der Waals surface area contributed by atoms with Crippen LogP contribution in [-0.4, -0.2) is 42.9 Å². The van der Waals surface area contributed by atoms with Crippen molar-refractivity contribution < 1.29 is 24.3 Å². The molecule has 0 saturated heterocycles. The fourth-order valence-corrected chi connectivity index (χ4v) is 3.88. The van der Waals surface area contributed by atoms with Gasteiger partial charge in [0.2, 0.25) is 11.7 Å². The highest BCUT2D eigenvalue weighted by molar-refractivity contribution is 6.26. The number of allylic oxidation sites excluding steroid dienone is 2. The molecular weight excluding hydrogens is 446 g/mol. The lowest BCUT2D eigenvalue weighted by Crippen LogP contribution is -2.44. The standard InChI is InChI=1S/C27H25N3O5/c1-34-19-13-18(14-20(15-19)35-2)28-27(32)25(12-17-8-4-3-5-9-17)29-24-16-23(30-33)21-10-6-7-11-22(21)26(24)31/h3-11,13-16,25,29,33H,12H2,1-2H3,(H,28,32). The molecule has 3 N–H and O–H groups in total. The summed E-state index contributed by atoms with van der Waals surface area (Å²) in [5.41, 5.74) is 2.70. The normalized spacial score (nSPS) is 14.5. The monoisotopic (exact) mass is 471 g/mol. The second-order valence-electron chi connectivity index (χ2n) is 7.90. The number of rotatable bonds is 8. The summed E-state index contributed by atoms with van der Waals surface area (Å²) in [7, 11) is 3.05. The number of nitrogens with one attached hydrogen (secondary N) is 2. The van der Waals surface area contributed by atoms with Crippen LogP contribution < -0.4 is 20.1 Å². The Morgan fingerprint density at radius 1 is 0.943 bits per heavy atom. The number of anilines is 1. The first-order valence-electron chi connectivity index (χ1n) is 10.9. The van der Waals surface area contributed by atoms with Gasteiger partial charge in [-0.3, -0.25) is 9.59 Å². The third-order valence-corrected chi connectivity index (χ3v) is 5.63. The molecule has 8 heteroatoms. The Labute approximate surface area is 202 Å². The molecule has 0 fully saturated rings. The van der Waals surface area contributed by atoms with E-state index in [0.717, 1.165) is 5.56 Å². The number of amides is 1. The third kappa shape index (κ3) is 5.33. The van der Waals surface area contributed by atoms with Crippen molar-refractivity contribution in [2.75, 3.05) is 19.5 Å². The summed E-state index contributed by atoms with van der Waals surface area (Å²) in [5, 5.41) is 18.8. The summed E-state index contributed by atoms with van der Waals surface area (Å²) < 4.78 is 10.6. The highest BCUT2D eigenvalue weighted by atomic mass is 16.5. The Kier molecular flexibility index (Phi) is 7.11. The maximum absolute atomic E-state index is 13.4. The Morgan fingerprint density at radius 3 is 2.20 bits per heavy atom. The molecule has 0 aliphatic heterocycles. The van der Waals surface area contributed by atoms with Crippen LogP contribution >= 0.6 is 0 Å². The molecule has 0 aromatic heterocycles. The molecule has 178 valence electrons. The summed E-state index contributed by atoms with van der Waals surface area (Å²) in [6.07, 6.45) is 1.76. The van der Waals surface area contributed by atoms with Gasteiger partial charge in [-0.25, -0.2) is 0 Å². The Morgan fingerprint density at radius 2 is 1.57 bits per heavy atom. The Balaban J connectivity index is 1.64.